The van der Waals surface area contributed by atoms with Crippen LogP contribution in [0.1, 0.15) is 18.4 Å². The fraction of sp³-hybridized carbons (Fsp3) is 0.429. The summed E-state index contributed by atoms with van der Waals surface area (Å²) >= 11 is 0. The fourth-order valence-corrected chi connectivity index (χ4v) is 2.17. The Labute approximate surface area is 102 Å². The minimum atomic E-state index is 0.809. The molecule has 0 unspecified atom stereocenters. The van der Waals surface area contributed by atoms with Gasteiger partial charge < -0.3 is 15.6 Å². The highest BCUT2D eigenvalue weighted by Crippen LogP contribution is 2.18. The molecule has 2 aromatic rings. The van der Waals surface area contributed by atoms with Gasteiger partial charge in [0.1, 0.15) is 0 Å². The zero-order valence-electron chi connectivity index (χ0n) is 10.00. The van der Waals surface area contributed by atoms with Gasteiger partial charge in [0.2, 0.25) is 0 Å². The average molecular weight is 229 g/mol. The Bertz CT molecular complexity index is 485. The Hall–Kier alpha value is -1.32. The van der Waals surface area contributed by atoms with Crippen molar-refractivity contribution in [3.05, 3.63) is 36.0 Å². The standard InChI is InChI=1S/C14H19N3/c1-2-11-6-7-17-14(11)12(3-1)10-15-8-9-16-13-4-5-13/h1-3,6-7,13,15-17H,4-5,8-10H2. The van der Waals surface area contributed by atoms with Crippen LogP contribution in [0.5, 0.6) is 0 Å². The Kier molecular flexibility index (Phi) is 3.12. The fourth-order valence-electron chi connectivity index (χ4n) is 2.17. The first kappa shape index (κ1) is 10.8. The summed E-state index contributed by atoms with van der Waals surface area (Å²) in [5.41, 5.74) is 2.61. The van der Waals surface area contributed by atoms with Gasteiger partial charge in [-0.05, 0) is 29.9 Å². The lowest BCUT2D eigenvalue weighted by Crippen LogP contribution is -2.28. The third kappa shape index (κ3) is 2.68. The molecule has 1 heterocycles. The zero-order valence-corrected chi connectivity index (χ0v) is 10.00. The molecule has 0 saturated heterocycles. The summed E-state index contributed by atoms with van der Waals surface area (Å²) < 4.78 is 0. The number of aromatic nitrogens is 1. The van der Waals surface area contributed by atoms with Crippen molar-refractivity contribution in [3.63, 3.8) is 0 Å². The lowest BCUT2D eigenvalue weighted by molar-refractivity contribution is 0.609. The highest BCUT2D eigenvalue weighted by Gasteiger charge is 2.19. The van der Waals surface area contributed by atoms with Crippen molar-refractivity contribution >= 4 is 10.9 Å². The Morgan fingerprint density at radius 3 is 3.00 bits per heavy atom. The monoisotopic (exact) mass is 229 g/mol. The molecule has 90 valence electrons. The number of aromatic amines is 1. The van der Waals surface area contributed by atoms with E-state index in [2.05, 4.69) is 39.9 Å². The van der Waals surface area contributed by atoms with Crippen LogP contribution in [0.3, 0.4) is 0 Å². The van der Waals surface area contributed by atoms with E-state index in [0.717, 1.165) is 25.7 Å². The van der Waals surface area contributed by atoms with E-state index in [4.69, 9.17) is 0 Å². The number of para-hydroxylation sites is 1. The SMILES string of the molecule is c1cc(CNCCNC2CC2)c2[nH]ccc2c1. The number of hydrogen-bond acceptors (Lipinski definition) is 2. The number of nitrogens with one attached hydrogen (secondary N) is 3. The van der Waals surface area contributed by atoms with Gasteiger partial charge in [-0.1, -0.05) is 18.2 Å². The molecular formula is C14H19N3. The summed E-state index contributed by atoms with van der Waals surface area (Å²) in [6.45, 7) is 3.04. The molecule has 1 aliphatic carbocycles. The minimum Gasteiger partial charge on any atom is -0.361 e. The second kappa shape index (κ2) is 4.90. The molecule has 0 atom stereocenters. The second-order valence-electron chi connectivity index (χ2n) is 4.76. The van der Waals surface area contributed by atoms with Crippen LogP contribution in [0, 0.1) is 0 Å². The molecule has 1 aromatic heterocycles. The summed E-state index contributed by atoms with van der Waals surface area (Å²) in [6.07, 6.45) is 4.73. The second-order valence-corrected chi connectivity index (χ2v) is 4.76. The molecular weight excluding hydrogens is 210 g/mol. The van der Waals surface area contributed by atoms with Crippen molar-refractivity contribution in [2.45, 2.75) is 25.4 Å². The van der Waals surface area contributed by atoms with Gasteiger partial charge in [-0.2, -0.15) is 0 Å². The maximum atomic E-state index is 3.50. The van der Waals surface area contributed by atoms with E-state index in [0.29, 0.717) is 0 Å². The predicted octanol–water partition coefficient (Wildman–Crippen LogP) is 2.01. The maximum absolute atomic E-state index is 3.50. The smallest absolute Gasteiger partial charge is 0.0499 e. The van der Waals surface area contributed by atoms with Gasteiger partial charge in [-0.25, -0.2) is 0 Å². The van der Waals surface area contributed by atoms with Gasteiger partial charge in [0, 0.05) is 37.4 Å². The number of rotatable bonds is 6. The van der Waals surface area contributed by atoms with E-state index in [-0.39, 0.29) is 0 Å². The van der Waals surface area contributed by atoms with Gasteiger partial charge in [-0.15, -0.1) is 0 Å². The molecule has 3 heteroatoms. The van der Waals surface area contributed by atoms with E-state index < -0.39 is 0 Å². The summed E-state index contributed by atoms with van der Waals surface area (Å²) in [5, 5.41) is 8.28. The van der Waals surface area contributed by atoms with Gasteiger partial charge in [0.15, 0.2) is 0 Å². The van der Waals surface area contributed by atoms with Crippen LogP contribution in [-0.2, 0) is 6.54 Å². The molecule has 0 radical (unpaired) electrons. The van der Waals surface area contributed by atoms with Gasteiger partial charge in [0.05, 0.1) is 0 Å². The van der Waals surface area contributed by atoms with E-state index in [9.17, 15) is 0 Å². The molecule has 0 aliphatic heterocycles. The normalized spacial score (nSPS) is 15.5. The Morgan fingerprint density at radius 2 is 2.12 bits per heavy atom. The molecule has 1 fully saturated rings. The van der Waals surface area contributed by atoms with Crippen LogP contribution in [0.15, 0.2) is 30.5 Å². The van der Waals surface area contributed by atoms with E-state index in [1.165, 1.54) is 29.3 Å². The first-order chi connectivity index (χ1) is 8.43. The number of H-pyrrole nitrogens is 1. The largest absolute Gasteiger partial charge is 0.361 e. The van der Waals surface area contributed by atoms with Gasteiger partial charge in [-0.3, -0.25) is 0 Å². The lowest BCUT2D eigenvalue weighted by atomic mass is 10.1. The summed E-state index contributed by atoms with van der Waals surface area (Å²) in [7, 11) is 0. The van der Waals surface area contributed by atoms with Crippen molar-refractivity contribution in [2.75, 3.05) is 13.1 Å². The van der Waals surface area contributed by atoms with Gasteiger partial charge >= 0.3 is 0 Å². The minimum absolute atomic E-state index is 0.809. The van der Waals surface area contributed by atoms with Crippen molar-refractivity contribution in [1.82, 2.24) is 15.6 Å². The number of hydrogen-bond donors (Lipinski definition) is 3. The molecule has 0 bridgehead atoms. The molecule has 17 heavy (non-hydrogen) atoms. The lowest BCUT2D eigenvalue weighted by Gasteiger charge is -2.07. The van der Waals surface area contributed by atoms with Crippen LogP contribution in [0.25, 0.3) is 10.9 Å². The molecule has 3 rings (SSSR count). The van der Waals surface area contributed by atoms with Crippen LogP contribution in [-0.4, -0.2) is 24.1 Å². The summed E-state index contributed by atoms with van der Waals surface area (Å²) in [6, 6.07) is 9.37. The summed E-state index contributed by atoms with van der Waals surface area (Å²) in [4.78, 5) is 3.30. The first-order valence-electron chi connectivity index (χ1n) is 6.42. The molecule has 0 spiro atoms. The van der Waals surface area contributed by atoms with E-state index in [1.54, 1.807) is 0 Å². The van der Waals surface area contributed by atoms with E-state index >= 15 is 0 Å². The highest BCUT2D eigenvalue weighted by molar-refractivity contribution is 5.82. The number of fused-ring (bicyclic) bond motifs is 1. The maximum Gasteiger partial charge on any atom is 0.0499 e. The molecule has 0 amide bonds. The van der Waals surface area contributed by atoms with Crippen LogP contribution < -0.4 is 10.6 Å². The average Bonchev–Trinajstić information content (AvgIpc) is 3.04. The van der Waals surface area contributed by atoms with Crippen LogP contribution >= 0.6 is 0 Å². The third-order valence-electron chi connectivity index (χ3n) is 3.30. The Balaban J connectivity index is 1.51. The zero-order chi connectivity index (χ0) is 11.5. The van der Waals surface area contributed by atoms with Crippen molar-refractivity contribution in [3.8, 4) is 0 Å². The summed E-state index contributed by atoms with van der Waals surface area (Å²) in [5.74, 6) is 0. The van der Waals surface area contributed by atoms with Crippen LogP contribution in [0.2, 0.25) is 0 Å². The van der Waals surface area contributed by atoms with Crippen molar-refractivity contribution in [1.29, 1.82) is 0 Å². The van der Waals surface area contributed by atoms with Crippen LogP contribution in [0.4, 0.5) is 0 Å². The van der Waals surface area contributed by atoms with Crippen molar-refractivity contribution in [2.24, 2.45) is 0 Å². The van der Waals surface area contributed by atoms with E-state index in [1.807, 2.05) is 6.20 Å². The topological polar surface area (TPSA) is 39.8 Å². The molecule has 1 aromatic carbocycles. The predicted molar refractivity (Wildman–Crippen MR) is 71.0 cm³/mol. The van der Waals surface area contributed by atoms with Crippen molar-refractivity contribution < 1.29 is 0 Å². The number of benzene rings is 1. The quantitative estimate of drug-likeness (QED) is 0.663. The third-order valence-corrected chi connectivity index (χ3v) is 3.30. The molecule has 3 nitrogen and oxygen atoms in total. The molecule has 3 N–H and O–H groups in total. The highest BCUT2D eigenvalue weighted by atomic mass is 15.0. The van der Waals surface area contributed by atoms with Gasteiger partial charge in [0.25, 0.3) is 0 Å². The Morgan fingerprint density at radius 1 is 1.18 bits per heavy atom. The molecule has 1 saturated carbocycles. The molecule has 1 aliphatic rings. The first-order valence-corrected chi connectivity index (χ1v) is 6.42.